The van der Waals surface area contributed by atoms with Gasteiger partial charge in [0, 0.05) is 18.7 Å². The molecule has 108 valence electrons. The number of hydrogen-bond acceptors (Lipinski definition) is 4. The van der Waals surface area contributed by atoms with Gasteiger partial charge >= 0.3 is 0 Å². The van der Waals surface area contributed by atoms with Gasteiger partial charge in [0.1, 0.15) is 5.82 Å². The van der Waals surface area contributed by atoms with Crippen molar-refractivity contribution in [2.24, 2.45) is 5.73 Å². The first-order valence-electron chi connectivity index (χ1n) is 5.94. The van der Waals surface area contributed by atoms with Crippen LogP contribution in [-0.4, -0.2) is 8.42 Å². The zero-order chi connectivity index (χ0) is 14.8. The Balaban J connectivity index is 2.20. The molecule has 0 radical (unpaired) electrons. The molecule has 2 aromatic rings. The molecule has 0 aliphatic rings. The van der Waals surface area contributed by atoms with E-state index in [1.54, 1.807) is 0 Å². The second-order valence-corrected chi connectivity index (χ2v) is 6.87. The van der Waals surface area contributed by atoms with E-state index in [-0.39, 0.29) is 23.5 Å². The molecule has 0 unspecified atom stereocenters. The molecule has 0 aliphatic heterocycles. The Morgan fingerprint density at radius 2 is 2.05 bits per heavy atom. The summed E-state index contributed by atoms with van der Waals surface area (Å²) in [7, 11) is -3.67. The molecule has 0 atom stereocenters. The molecule has 0 amide bonds. The van der Waals surface area contributed by atoms with Crippen LogP contribution in [0.25, 0.3) is 0 Å². The van der Waals surface area contributed by atoms with Crippen molar-refractivity contribution in [2.45, 2.75) is 24.9 Å². The highest BCUT2D eigenvalue weighted by Crippen LogP contribution is 2.17. The molecule has 1 aromatic carbocycles. The van der Waals surface area contributed by atoms with Gasteiger partial charge in [0.05, 0.1) is 4.90 Å². The Kier molecular flexibility index (Phi) is 4.54. The van der Waals surface area contributed by atoms with Crippen molar-refractivity contribution < 1.29 is 12.8 Å². The minimum Gasteiger partial charge on any atom is -0.326 e. The summed E-state index contributed by atoms with van der Waals surface area (Å²) in [6.07, 6.45) is 0. The predicted octanol–water partition coefficient (Wildman–Crippen LogP) is 2.13. The maximum absolute atomic E-state index is 13.3. The number of nitrogens with one attached hydrogen (secondary N) is 1. The first kappa shape index (κ1) is 15.1. The number of benzene rings is 1. The van der Waals surface area contributed by atoms with Crippen molar-refractivity contribution in [3.05, 3.63) is 51.5 Å². The maximum Gasteiger partial charge on any atom is 0.240 e. The van der Waals surface area contributed by atoms with E-state index >= 15 is 0 Å². The van der Waals surface area contributed by atoms with Crippen LogP contribution in [0.2, 0.25) is 0 Å². The average Bonchev–Trinajstić information content (AvgIpc) is 2.82. The molecule has 0 spiro atoms. The average molecular weight is 314 g/mol. The molecule has 0 fully saturated rings. The van der Waals surface area contributed by atoms with Crippen molar-refractivity contribution in [1.29, 1.82) is 0 Å². The molecule has 0 saturated carbocycles. The molecular formula is C13H15FN2O2S2. The summed E-state index contributed by atoms with van der Waals surface area (Å²) >= 11 is 1.52. The Bertz CT molecular complexity index is 711. The van der Waals surface area contributed by atoms with Crippen LogP contribution in [0.3, 0.4) is 0 Å². The van der Waals surface area contributed by atoms with Crippen LogP contribution >= 0.6 is 11.3 Å². The van der Waals surface area contributed by atoms with Gasteiger partial charge in [0.15, 0.2) is 0 Å². The number of rotatable bonds is 5. The lowest BCUT2D eigenvalue weighted by atomic mass is 10.2. The fourth-order valence-electron chi connectivity index (χ4n) is 1.70. The minimum atomic E-state index is -3.67. The molecule has 0 saturated heterocycles. The second-order valence-electron chi connectivity index (χ2n) is 4.36. The first-order chi connectivity index (χ1) is 9.44. The number of aryl methyl sites for hydroxylation is 1. The lowest BCUT2D eigenvalue weighted by molar-refractivity contribution is 0.579. The zero-order valence-corrected chi connectivity index (χ0v) is 12.5. The standard InChI is InChI=1S/C13H15FN2O2S2/c1-9-7-19-8-11(9)6-16-20(17,18)12-2-3-13(14)10(4-12)5-15/h2-4,7-8,16H,5-6,15H2,1H3. The highest BCUT2D eigenvalue weighted by Gasteiger charge is 2.16. The highest BCUT2D eigenvalue weighted by atomic mass is 32.2. The van der Waals surface area contributed by atoms with Gasteiger partial charge in [0.2, 0.25) is 10.0 Å². The first-order valence-corrected chi connectivity index (χ1v) is 8.36. The van der Waals surface area contributed by atoms with Gasteiger partial charge in [0.25, 0.3) is 0 Å². The second kappa shape index (κ2) is 6.01. The molecule has 2 rings (SSSR count). The molecule has 7 heteroatoms. The van der Waals surface area contributed by atoms with Crippen LogP contribution in [-0.2, 0) is 23.1 Å². The minimum absolute atomic E-state index is 0.0206. The summed E-state index contributed by atoms with van der Waals surface area (Å²) in [6, 6.07) is 3.61. The third-order valence-corrected chi connectivity index (χ3v) is 5.27. The van der Waals surface area contributed by atoms with Crippen molar-refractivity contribution >= 4 is 21.4 Å². The van der Waals surface area contributed by atoms with Crippen LogP contribution in [0.5, 0.6) is 0 Å². The van der Waals surface area contributed by atoms with Gasteiger partial charge in [-0.15, -0.1) is 0 Å². The van der Waals surface area contributed by atoms with Crippen molar-refractivity contribution in [2.75, 3.05) is 0 Å². The number of sulfonamides is 1. The third-order valence-electron chi connectivity index (χ3n) is 2.96. The molecular weight excluding hydrogens is 299 g/mol. The van der Waals surface area contributed by atoms with Gasteiger partial charge in [-0.3, -0.25) is 0 Å². The van der Waals surface area contributed by atoms with Crippen LogP contribution in [0.4, 0.5) is 4.39 Å². The van der Waals surface area contributed by atoms with Crippen LogP contribution < -0.4 is 10.5 Å². The van der Waals surface area contributed by atoms with E-state index in [4.69, 9.17) is 5.73 Å². The van der Waals surface area contributed by atoms with Gasteiger partial charge in [-0.25, -0.2) is 17.5 Å². The predicted molar refractivity (Wildman–Crippen MR) is 77.4 cm³/mol. The fraction of sp³-hybridized carbons (Fsp3) is 0.231. The summed E-state index contributed by atoms with van der Waals surface area (Å²) in [6.45, 7) is 2.09. The smallest absolute Gasteiger partial charge is 0.240 e. The summed E-state index contributed by atoms with van der Waals surface area (Å²) in [5, 5.41) is 3.85. The van der Waals surface area contributed by atoms with E-state index in [1.165, 1.54) is 23.5 Å². The monoisotopic (exact) mass is 314 g/mol. The number of nitrogens with two attached hydrogens (primary N) is 1. The lowest BCUT2D eigenvalue weighted by Gasteiger charge is -2.08. The normalized spacial score (nSPS) is 11.8. The topological polar surface area (TPSA) is 72.2 Å². The number of hydrogen-bond donors (Lipinski definition) is 2. The van der Waals surface area contributed by atoms with E-state index in [0.29, 0.717) is 0 Å². The van der Waals surface area contributed by atoms with Crippen molar-refractivity contribution in [3.63, 3.8) is 0 Å². The van der Waals surface area contributed by atoms with Crippen LogP contribution in [0.15, 0.2) is 33.9 Å². The molecule has 4 nitrogen and oxygen atoms in total. The summed E-state index contributed by atoms with van der Waals surface area (Å²) in [4.78, 5) is 0.0206. The maximum atomic E-state index is 13.3. The van der Waals surface area contributed by atoms with E-state index in [9.17, 15) is 12.8 Å². The fourth-order valence-corrected chi connectivity index (χ4v) is 3.61. The van der Waals surface area contributed by atoms with Crippen molar-refractivity contribution in [3.8, 4) is 0 Å². The number of thiophene rings is 1. The van der Waals surface area contributed by atoms with Crippen LogP contribution in [0, 0.1) is 12.7 Å². The van der Waals surface area contributed by atoms with E-state index in [2.05, 4.69) is 4.72 Å². The Morgan fingerprint density at radius 3 is 2.65 bits per heavy atom. The lowest BCUT2D eigenvalue weighted by Crippen LogP contribution is -2.23. The highest BCUT2D eigenvalue weighted by molar-refractivity contribution is 7.89. The largest absolute Gasteiger partial charge is 0.326 e. The van der Waals surface area contributed by atoms with Crippen molar-refractivity contribution in [1.82, 2.24) is 4.72 Å². The number of halogens is 1. The van der Waals surface area contributed by atoms with E-state index in [1.807, 2.05) is 17.7 Å². The van der Waals surface area contributed by atoms with Gasteiger partial charge in [-0.2, -0.15) is 11.3 Å². The molecule has 3 N–H and O–H groups in total. The zero-order valence-electron chi connectivity index (χ0n) is 10.9. The summed E-state index contributed by atoms with van der Waals surface area (Å²) in [5.41, 5.74) is 7.53. The van der Waals surface area contributed by atoms with E-state index in [0.717, 1.165) is 17.2 Å². The Labute approximate surface area is 121 Å². The third kappa shape index (κ3) is 3.24. The van der Waals surface area contributed by atoms with Gasteiger partial charge < -0.3 is 5.73 Å². The quantitative estimate of drug-likeness (QED) is 0.888. The molecule has 1 aromatic heterocycles. The molecule has 1 heterocycles. The molecule has 20 heavy (non-hydrogen) atoms. The molecule has 0 aliphatic carbocycles. The summed E-state index contributed by atoms with van der Waals surface area (Å²) in [5.74, 6) is -0.500. The Hall–Kier alpha value is -1.28. The molecule has 0 bridgehead atoms. The Morgan fingerprint density at radius 1 is 1.30 bits per heavy atom. The van der Waals surface area contributed by atoms with Crippen LogP contribution in [0.1, 0.15) is 16.7 Å². The van der Waals surface area contributed by atoms with Gasteiger partial charge in [-0.05, 0) is 47.0 Å². The SMILES string of the molecule is Cc1cscc1CNS(=O)(=O)c1ccc(F)c(CN)c1. The van der Waals surface area contributed by atoms with Gasteiger partial charge in [-0.1, -0.05) is 0 Å². The summed E-state index contributed by atoms with van der Waals surface area (Å²) < 4.78 is 40.1. The van der Waals surface area contributed by atoms with E-state index < -0.39 is 15.8 Å².